The number of carbonyl (C=O) groups excluding carboxylic acids is 1. The van der Waals surface area contributed by atoms with Crippen molar-refractivity contribution in [1.82, 2.24) is 5.48 Å². The van der Waals surface area contributed by atoms with Gasteiger partial charge in [0.1, 0.15) is 11.5 Å². The Morgan fingerprint density at radius 2 is 1.88 bits per heavy atom. The predicted molar refractivity (Wildman–Crippen MR) is 77.4 cm³/mol. The summed E-state index contributed by atoms with van der Waals surface area (Å²) in [6.07, 6.45) is -6.37. The number of aryl methyl sites for hydroxylation is 1. The second kappa shape index (κ2) is 7.06. The van der Waals surface area contributed by atoms with Crippen molar-refractivity contribution in [3.8, 4) is 0 Å². The predicted octanol–water partition coefficient (Wildman–Crippen LogP) is 2.98. The van der Waals surface area contributed by atoms with E-state index in [-0.39, 0.29) is 12.4 Å². The Morgan fingerprint density at radius 1 is 1.21 bits per heavy atom. The summed E-state index contributed by atoms with van der Waals surface area (Å²) in [5, 5.41) is 9.98. The van der Waals surface area contributed by atoms with E-state index in [1.165, 1.54) is 13.0 Å². The van der Waals surface area contributed by atoms with E-state index in [0.717, 1.165) is 11.6 Å². The minimum Gasteiger partial charge on any atom is -0.463 e. The second-order valence-corrected chi connectivity index (χ2v) is 5.24. The van der Waals surface area contributed by atoms with Crippen LogP contribution in [0.4, 0.5) is 13.2 Å². The topological polar surface area (TPSA) is 71.7 Å². The molecule has 0 bridgehead atoms. The number of amides is 1. The van der Waals surface area contributed by atoms with Crippen LogP contribution in [0.1, 0.15) is 23.5 Å². The highest BCUT2D eigenvalue weighted by Crippen LogP contribution is 2.42. The number of nitrogens with one attached hydrogen (secondary N) is 1. The standard InChI is InChI=1S/C16H16F3NO4/c1-11-7-8-13(24-11)15(22,16(17,18)19)9-14(21)20-23-10-12-5-3-2-4-6-12/h2-8,22H,9-10H2,1H3,(H,20,21). The van der Waals surface area contributed by atoms with Crippen molar-refractivity contribution in [3.63, 3.8) is 0 Å². The summed E-state index contributed by atoms with van der Waals surface area (Å²) in [5.74, 6) is -1.68. The highest BCUT2D eigenvalue weighted by molar-refractivity contribution is 5.76. The maximum absolute atomic E-state index is 13.2. The molecule has 0 saturated carbocycles. The molecule has 5 nitrogen and oxygen atoms in total. The molecule has 0 fully saturated rings. The van der Waals surface area contributed by atoms with Gasteiger partial charge in [-0.15, -0.1) is 0 Å². The van der Waals surface area contributed by atoms with Crippen LogP contribution < -0.4 is 5.48 Å². The number of hydrogen-bond donors (Lipinski definition) is 2. The summed E-state index contributed by atoms with van der Waals surface area (Å²) < 4.78 is 44.5. The number of hydroxylamine groups is 1. The lowest BCUT2D eigenvalue weighted by Crippen LogP contribution is -2.46. The van der Waals surface area contributed by atoms with Crippen molar-refractivity contribution in [2.24, 2.45) is 0 Å². The highest BCUT2D eigenvalue weighted by atomic mass is 19.4. The first-order chi connectivity index (χ1) is 11.2. The van der Waals surface area contributed by atoms with Gasteiger partial charge in [0.05, 0.1) is 13.0 Å². The second-order valence-electron chi connectivity index (χ2n) is 5.24. The van der Waals surface area contributed by atoms with Gasteiger partial charge in [0.15, 0.2) is 0 Å². The van der Waals surface area contributed by atoms with E-state index in [4.69, 9.17) is 9.25 Å². The number of carbonyl (C=O) groups is 1. The zero-order chi connectivity index (χ0) is 17.8. The molecule has 0 spiro atoms. The van der Waals surface area contributed by atoms with Crippen LogP contribution in [0.3, 0.4) is 0 Å². The van der Waals surface area contributed by atoms with Crippen LogP contribution in [0.2, 0.25) is 0 Å². The maximum atomic E-state index is 13.2. The lowest BCUT2D eigenvalue weighted by molar-refractivity contribution is -0.274. The molecular weight excluding hydrogens is 327 g/mol. The van der Waals surface area contributed by atoms with Crippen molar-refractivity contribution < 1.29 is 32.3 Å². The van der Waals surface area contributed by atoms with Gasteiger partial charge in [0.2, 0.25) is 11.5 Å². The smallest absolute Gasteiger partial charge is 0.425 e. The molecule has 24 heavy (non-hydrogen) atoms. The molecule has 1 heterocycles. The van der Waals surface area contributed by atoms with E-state index in [1.54, 1.807) is 30.3 Å². The number of rotatable bonds is 6. The van der Waals surface area contributed by atoms with E-state index in [0.29, 0.717) is 0 Å². The van der Waals surface area contributed by atoms with Crippen LogP contribution in [0.25, 0.3) is 0 Å². The largest absolute Gasteiger partial charge is 0.463 e. The van der Waals surface area contributed by atoms with Gasteiger partial charge in [-0.2, -0.15) is 13.2 Å². The van der Waals surface area contributed by atoms with Gasteiger partial charge in [0.25, 0.3) is 0 Å². The quantitative estimate of drug-likeness (QED) is 0.791. The van der Waals surface area contributed by atoms with E-state index in [1.807, 2.05) is 5.48 Å². The molecular formula is C16H16F3NO4. The third-order valence-corrected chi connectivity index (χ3v) is 3.30. The summed E-state index contributed by atoms with van der Waals surface area (Å²) in [5.41, 5.74) is -0.807. The third-order valence-electron chi connectivity index (χ3n) is 3.30. The molecule has 2 N–H and O–H groups in total. The van der Waals surface area contributed by atoms with Crippen molar-refractivity contribution in [2.75, 3.05) is 0 Å². The lowest BCUT2D eigenvalue weighted by atomic mass is 9.95. The molecule has 130 valence electrons. The minimum atomic E-state index is -5.09. The van der Waals surface area contributed by atoms with Gasteiger partial charge >= 0.3 is 6.18 Å². The van der Waals surface area contributed by atoms with Crippen molar-refractivity contribution >= 4 is 5.91 Å². The van der Waals surface area contributed by atoms with Crippen LogP contribution in [0.15, 0.2) is 46.9 Å². The Morgan fingerprint density at radius 3 is 2.42 bits per heavy atom. The Hall–Kier alpha value is -2.32. The number of hydrogen-bond acceptors (Lipinski definition) is 4. The summed E-state index contributed by atoms with van der Waals surface area (Å²) in [7, 11) is 0. The summed E-state index contributed by atoms with van der Waals surface area (Å²) in [6.45, 7) is 1.42. The first-order valence-corrected chi connectivity index (χ1v) is 7.03. The molecule has 2 aromatic rings. The molecule has 0 aliphatic carbocycles. The highest BCUT2D eigenvalue weighted by Gasteiger charge is 2.58. The molecule has 1 unspecified atom stereocenters. The molecule has 1 aromatic heterocycles. The zero-order valence-electron chi connectivity index (χ0n) is 12.8. The molecule has 0 radical (unpaired) electrons. The number of halogens is 3. The molecule has 8 heteroatoms. The fraction of sp³-hybridized carbons (Fsp3) is 0.312. The Kier molecular flexibility index (Phi) is 5.30. The van der Waals surface area contributed by atoms with E-state index in [2.05, 4.69) is 0 Å². The van der Waals surface area contributed by atoms with E-state index < -0.39 is 29.9 Å². The van der Waals surface area contributed by atoms with Crippen molar-refractivity contribution in [3.05, 3.63) is 59.5 Å². The Labute approximate surface area is 136 Å². The minimum absolute atomic E-state index is 0.0170. The number of aliphatic hydroxyl groups is 1. The summed E-state index contributed by atoms with van der Waals surface area (Å²) >= 11 is 0. The summed E-state index contributed by atoms with van der Waals surface area (Å²) in [6, 6.07) is 11.0. The SMILES string of the molecule is Cc1ccc(C(O)(CC(=O)NOCc2ccccc2)C(F)(F)F)o1. The number of alkyl halides is 3. The Bertz CT molecular complexity index is 684. The maximum Gasteiger partial charge on any atom is 0.425 e. The average Bonchev–Trinajstić information content (AvgIpc) is 2.94. The van der Waals surface area contributed by atoms with Gasteiger partial charge < -0.3 is 9.52 Å². The average molecular weight is 343 g/mol. The van der Waals surface area contributed by atoms with Crippen LogP contribution in [0.5, 0.6) is 0 Å². The fourth-order valence-corrected chi connectivity index (χ4v) is 2.03. The molecule has 2 rings (SSSR count). The van der Waals surface area contributed by atoms with Gasteiger partial charge in [-0.3, -0.25) is 9.63 Å². The number of benzene rings is 1. The first-order valence-electron chi connectivity index (χ1n) is 7.03. The fourth-order valence-electron chi connectivity index (χ4n) is 2.03. The van der Waals surface area contributed by atoms with Gasteiger partial charge in [-0.05, 0) is 24.6 Å². The zero-order valence-corrected chi connectivity index (χ0v) is 12.8. The first kappa shape index (κ1) is 18.0. The summed E-state index contributed by atoms with van der Waals surface area (Å²) in [4.78, 5) is 16.6. The lowest BCUT2D eigenvalue weighted by Gasteiger charge is -2.27. The van der Waals surface area contributed by atoms with E-state index >= 15 is 0 Å². The molecule has 1 aromatic carbocycles. The molecule has 1 atom stereocenters. The third kappa shape index (κ3) is 4.15. The van der Waals surface area contributed by atoms with Crippen molar-refractivity contribution in [2.45, 2.75) is 31.7 Å². The Balaban J connectivity index is 2.00. The van der Waals surface area contributed by atoms with Crippen LogP contribution >= 0.6 is 0 Å². The molecule has 0 aliphatic rings. The number of furan rings is 1. The van der Waals surface area contributed by atoms with Crippen LogP contribution in [-0.2, 0) is 21.8 Å². The van der Waals surface area contributed by atoms with Gasteiger partial charge in [0, 0.05) is 0 Å². The molecule has 0 aliphatic heterocycles. The van der Waals surface area contributed by atoms with Crippen molar-refractivity contribution in [1.29, 1.82) is 0 Å². The monoisotopic (exact) mass is 343 g/mol. The van der Waals surface area contributed by atoms with Crippen LogP contribution in [0, 0.1) is 6.92 Å². The molecule has 0 saturated heterocycles. The normalized spacial score (nSPS) is 14.2. The van der Waals surface area contributed by atoms with Gasteiger partial charge in [-0.25, -0.2) is 5.48 Å². The van der Waals surface area contributed by atoms with Crippen LogP contribution in [-0.4, -0.2) is 17.2 Å². The van der Waals surface area contributed by atoms with Gasteiger partial charge in [-0.1, -0.05) is 30.3 Å². The van der Waals surface area contributed by atoms with E-state index in [9.17, 15) is 23.1 Å². The molecule has 1 amide bonds.